The van der Waals surface area contributed by atoms with E-state index in [0.717, 1.165) is 0 Å². The van der Waals surface area contributed by atoms with Crippen molar-refractivity contribution in [2.45, 2.75) is 12.8 Å². The molecular formula is C13H12N2O4. The second kappa shape index (κ2) is 4.31. The van der Waals surface area contributed by atoms with Gasteiger partial charge in [-0.25, -0.2) is 0 Å². The van der Waals surface area contributed by atoms with Crippen LogP contribution in [0.4, 0.5) is 5.88 Å². The molecule has 6 heteroatoms. The van der Waals surface area contributed by atoms with E-state index < -0.39 is 11.5 Å². The predicted molar refractivity (Wildman–Crippen MR) is 66.9 cm³/mol. The number of hydrogen-bond acceptors (Lipinski definition) is 5. The minimum Gasteiger partial charge on any atom is -0.501 e. The fraction of sp³-hybridized carbons (Fsp3) is 0.231. The van der Waals surface area contributed by atoms with Crippen LogP contribution in [0.3, 0.4) is 0 Å². The maximum atomic E-state index is 11.6. The molecule has 0 atom stereocenters. The third kappa shape index (κ3) is 1.81. The molecule has 0 bridgehead atoms. The molecule has 2 aromatic heterocycles. The van der Waals surface area contributed by atoms with Crippen molar-refractivity contribution in [3.05, 3.63) is 24.4 Å². The van der Waals surface area contributed by atoms with Gasteiger partial charge < -0.3 is 14.6 Å². The van der Waals surface area contributed by atoms with Crippen molar-refractivity contribution in [1.82, 2.24) is 4.98 Å². The number of hydrogen-bond donors (Lipinski definition) is 2. The van der Waals surface area contributed by atoms with Crippen molar-refractivity contribution in [2.75, 3.05) is 11.4 Å². The maximum Gasteiger partial charge on any atom is 0.249 e. The first-order valence-corrected chi connectivity index (χ1v) is 5.95. The minimum absolute atomic E-state index is 0.0133. The summed E-state index contributed by atoms with van der Waals surface area (Å²) in [7, 11) is 0. The number of aromatic hydroxyl groups is 2. The highest BCUT2D eigenvalue weighted by Gasteiger charge is 2.31. The van der Waals surface area contributed by atoms with E-state index in [2.05, 4.69) is 4.98 Å². The molecule has 0 aliphatic carbocycles. The zero-order valence-electron chi connectivity index (χ0n) is 10.0. The molecule has 0 aromatic carbocycles. The van der Waals surface area contributed by atoms with Crippen molar-refractivity contribution in [3.8, 4) is 23.0 Å². The van der Waals surface area contributed by atoms with Gasteiger partial charge in [0.25, 0.3) is 0 Å². The van der Waals surface area contributed by atoms with Crippen LogP contribution in [0.5, 0.6) is 11.5 Å². The van der Waals surface area contributed by atoms with E-state index >= 15 is 0 Å². The van der Waals surface area contributed by atoms with Gasteiger partial charge >= 0.3 is 0 Å². The van der Waals surface area contributed by atoms with E-state index in [1.54, 1.807) is 24.4 Å². The lowest BCUT2D eigenvalue weighted by atomic mass is 10.2. The Morgan fingerprint density at radius 3 is 2.74 bits per heavy atom. The van der Waals surface area contributed by atoms with Crippen LogP contribution >= 0.6 is 0 Å². The van der Waals surface area contributed by atoms with Gasteiger partial charge in [-0.05, 0) is 18.6 Å². The number of nitrogens with zero attached hydrogens (tertiary/aromatic N) is 2. The SMILES string of the molecule is O=C1CCCN1c1oc(-c2ccccn2)c(O)c1O. The molecule has 3 heterocycles. The first kappa shape index (κ1) is 11.6. The Bertz CT molecular complexity index is 621. The first-order chi connectivity index (χ1) is 9.18. The molecule has 1 aliphatic heterocycles. The van der Waals surface area contributed by atoms with E-state index in [1.165, 1.54) is 4.90 Å². The predicted octanol–water partition coefficient (Wildman–Crippen LogP) is 1.88. The second-order valence-electron chi connectivity index (χ2n) is 4.30. The van der Waals surface area contributed by atoms with Crippen molar-refractivity contribution in [1.29, 1.82) is 0 Å². The van der Waals surface area contributed by atoms with Gasteiger partial charge in [0.2, 0.25) is 29.1 Å². The second-order valence-corrected chi connectivity index (χ2v) is 4.30. The summed E-state index contributed by atoms with van der Waals surface area (Å²) in [6.07, 6.45) is 2.67. The number of carbonyl (C=O) groups is 1. The molecule has 98 valence electrons. The molecule has 2 N–H and O–H groups in total. The zero-order chi connectivity index (χ0) is 13.4. The highest BCUT2D eigenvalue weighted by atomic mass is 16.4. The summed E-state index contributed by atoms with van der Waals surface area (Å²) in [5.74, 6) is -0.894. The van der Waals surface area contributed by atoms with Gasteiger partial charge in [0.1, 0.15) is 5.69 Å². The molecule has 6 nitrogen and oxygen atoms in total. The van der Waals surface area contributed by atoms with Crippen LogP contribution in [0.2, 0.25) is 0 Å². The van der Waals surface area contributed by atoms with Crippen LogP contribution in [-0.4, -0.2) is 27.6 Å². The summed E-state index contributed by atoms with van der Waals surface area (Å²) >= 11 is 0. The Balaban J connectivity index is 2.07. The summed E-state index contributed by atoms with van der Waals surface area (Å²) in [5, 5.41) is 19.8. The third-order valence-electron chi connectivity index (χ3n) is 3.06. The van der Waals surface area contributed by atoms with E-state index in [-0.39, 0.29) is 17.6 Å². The Morgan fingerprint density at radius 1 is 1.26 bits per heavy atom. The zero-order valence-corrected chi connectivity index (χ0v) is 10.0. The Morgan fingerprint density at radius 2 is 2.11 bits per heavy atom. The number of carbonyl (C=O) groups excluding carboxylic acids is 1. The summed E-state index contributed by atoms with van der Waals surface area (Å²) in [6, 6.07) is 5.11. The van der Waals surface area contributed by atoms with Crippen LogP contribution < -0.4 is 4.90 Å². The van der Waals surface area contributed by atoms with Crippen LogP contribution in [0, 0.1) is 0 Å². The smallest absolute Gasteiger partial charge is 0.249 e. The molecule has 0 unspecified atom stereocenters. The monoisotopic (exact) mass is 260 g/mol. The molecule has 2 aromatic rings. The summed E-state index contributed by atoms with van der Waals surface area (Å²) in [6.45, 7) is 0.473. The maximum absolute atomic E-state index is 11.6. The van der Waals surface area contributed by atoms with E-state index in [0.29, 0.717) is 25.1 Å². The molecule has 19 heavy (non-hydrogen) atoms. The van der Waals surface area contributed by atoms with Gasteiger partial charge in [0, 0.05) is 19.2 Å². The van der Waals surface area contributed by atoms with Gasteiger partial charge in [-0.3, -0.25) is 14.7 Å². The number of anilines is 1. The lowest BCUT2D eigenvalue weighted by molar-refractivity contribution is -0.117. The van der Waals surface area contributed by atoms with E-state index in [1.807, 2.05) is 0 Å². The van der Waals surface area contributed by atoms with Crippen molar-refractivity contribution in [3.63, 3.8) is 0 Å². The van der Waals surface area contributed by atoms with Crippen LogP contribution in [0.1, 0.15) is 12.8 Å². The lowest BCUT2D eigenvalue weighted by Crippen LogP contribution is -2.23. The number of aromatic nitrogens is 1. The van der Waals surface area contributed by atoms with Gasteiger partial charge in [-0.2, -0.15) is 0 Å². The standard InChI is InChI=1S/C13H12N2O4/c16-9-5-3-7-15(9)13-11(18)10(17)12(19-13)8-4-1-2-6-14-8/h1-2,4,6,17-18H,3,5,7H2. The largest absolute Gasteiger partial charge is 0.501 e. The molecule has 1 amide bonds. The van der Waals surface area contributed by atoms with Crippen molar-refractivity contribution < 1.29 is 19.4 Å². The summed E-state index contributed by atoms with van der Waals surface area (Å²) in [5.41, 5.74) is 0.396. The molecule has 0 spiro atoms. The van der Waals surface area contributed by atoms with Crippen LogP contribution in [-0.2, 0) is 4.79 Å². The van der Waals surface area contributed by atoms with E-state index in [9.17, 15) is 15.0 Å². The highest BCUT2D eigenvalue weighted by Crippen LogP contribution is 2.46. The average Bonchev–Trinajstić information content (AvgIpc) is 2.97. The van der Waals surface area contributed by atoms with E-state index in [4.69, 9.17) is 4.42 Å². The number of amides is 1. The molecule has 0 radical (unpaired) electrons. The fourth-order valence-corrected chi connectivity index (χ4v) is 2.12. The number of pyridine rings is 1. The first-order valence-electron chi connectivity index (χ1n) is 5.95. The molecule has 1 aliphatic rings. The molecule has 3 rings (SSSR count). The van der Waals surface area contributed by atoms with Crippen molar-refractivity contribution in [2.24, 2.45) is 0 Å². The Kier molecular flexibility index (Phi) is 2.63. The van der Waals surface area contributed by atoms with Gasteiger partial charge in [-0.15, -0.1) is 0 Å². The Hall–Kier alpha value is -2.50. The van der Waals surface area contributed by atoms with Gasteiger partial charge in [0.05, 0.1) is 0 Å². The topological polar surface area (TPSA) is 86.8 Å². The molecule has 0 saturated carbocycles. The quantitative estimate of drug-likeness (QED) is 0.860. The van der Waals surface area contributed by atoms with Crippen LogP contribution in [0.25, 0.3) is 11.5 Å². The average molecular weight is 260 g/mol. The third-order valence-corrected chi connectivity index (χ3v) is 3.06. The molecule has 1 saturated heterocycles. The number of rotatable bonds is 2. The fourth-order valence-electron chi connectivity index (χ4n) is 2.12. The lowest BCUT2D eigenvalue weighted by Gasteiger charge is -2.11. The summed E-state index contributed by atoms with van der Waals surface area (Å²) in [4.78, 5) is 17.0. The summed E-state index contributed by atoms with van der Waals surface area (Å²) < 4.78 is 5.43. The highest BCUT2D eigenvalue weighted by molar-refractivity contribution is 5.96. The number of furan rings is 1. The van der Waals surface area contributed by atoms with Crippen molar-refractivity contribution >= 4 is 11.8 Å². The van der Waals surface area contributed by atoms with Gasteiger partial charge in [-0.1, -0.05) is 6.07 Å². The Labute approximate surface area is 108 Å². The normalized spacial score (nSPS) is 15.2. The molecular weight excluding hydrogens is 248 g/mol. The molecule has 1 fully saturated rings. The van der Waals surface area contributed by atoms with Gasteiger partial charge in [0.15, 0.2) is 0 Å². The van der Waals surface area contributed by atoms with Crippen LogP contribution in [0.15, 0.2) is 28.8 Å². The minimum atomic E-state index is -0.420.